The van der Waals surface area contributed by atoms with Gasteiger partial charge in [-0.2, -0.15) is 0 Å². The maximum atomic E-state index is 10.1. The fourth-order valence-corrected chi connectivity index (χ4v) is 3.70. The normalized spacial score (nSPS) is 18.7. The van der Waals surface area contributed by atoms with Crippen molar-refractivity contribution in [2.75, 3.05) is 11.4 Å². The van der Waals surface area contributed by atoms with Crippen LogP contribution < -0.4 is 4.90 Å². The number of benzene rings is 1. The molecule has 1 aromatic carbocycles. The van der Waals surface area contributed by atoms with E-state index in [0.29, 0.717) is 0 Å². The second-order valence-corrected chi connectivity index (χ2v) is 7.60. The molecule has 0 radical (unpaired) electrons. The number of aliphatic hydroxyl groups excluding tert-OH is 1. The van der Waals surface area contributed by atoms with E-state index < -0.39 is 0 Å². The van der Waals surface area contributed by atoms with Crippen LogP contribution in [0.3, 0.4) is 0 Å². The highest BCUT2D eigenvalue weighted by Gasteiger charge is 2.24. The zero-order valence-corrected chi connectivity index (χ0v) is 13.7. The standard InChI is InChI=1S/C17H22N2OS/c1-17(2,3)15-11-21-16(18-15)10-19-9-8-14(20)12-6-4-5-7-13(12)19/h4-7,11,14,20H,8-10H2,1-3H3. The molecule has 2 heterocycles. The quantitative estimate of drug-likeness (QED) is 0.914. The van der Waals surface area contributed by atoms with Crippen LogP contribution >= 0.6 is 11.3 Å². The third-order valence-corrected chi connectivity index (χ3v) is 4.79. The first-order valence-corrected chi connectivity index (χ1v) is 8.30. The molecule has 0 amide bonds. The highest BCUT2D eigenvalue weighted by molar-refractivity contribution is 7.09. The van der Waals surface area contributed by atoms with E-state index in [1.54, 1.807) is 11.3 Å². The molecule has 3 nitrogen and oxygen atoms in total. The van der Waals surface area contributed by atoms with Gasteiger partial charge in [-0.15, -0.1) is 11.3 Å². The van der Waals surface area contributed by atoms with E-state index in [4.69, 9.17) is 4.98 Å². The Morgan fingerprint density at radius 3 is 2.81 bits per heavy atom. The second-order valence-electron chi connectivity index (χ2n) is 6.66. The maximum Gasteiger partial charge on any atom is 0.112 e. The van der Waals surface area contributed by atoms with Gasteiger partial charge < -0.3 is 10.0 Å². The summed E-state index contributed by atoms with van der Waals surface area (Å²) in [6.45, 7) is 8.28. The molecule has 112 valence electrons. The van der Waals surface area contributed by atoms with Gasteiger partial charge in [0.1, 0.15) is 5.01 Å². The summed E-state index contributed by atoms with van der Waals surface area (Å²) >= 11 is 1.73. The first-order valence-electron chi connectivity index (χ1n) is 7.42. The summed E-state index contributed by atoms with van der Waals surface area (Å²) < 4.78 is 0. The smallest absolute Gasteiger partial charge is 0.112 e. The van der Waals surface area contributed by atoms with Crippen LogP contribution in [0.2, 0.25) is 0 Å². The first kappa shape index (κ1) is 14.5. The molecule has 1 N–H and O–H groups in total. The van der Waals surface area contributed by atoms with Crippen molar-refractivity contribution in [2.45, 2.75) is 45.3 Å². The van der Waals surface area contributed by atoms with Crippen molar-refractivity contribution in [1.29, 1.82) is 0 Å². The Hall–Kier alpha value is -1.39. The largest absolute Gasteiger partial charge is 0.388 e. The van der Waals surface area contributed by atoms with Crippen LogP contribution in [-0.2, 0) is 12.0 Å². The fraction of sp³-hybridized carbons (Fsp3) is 0.471. The molecule has 1 aliphatic rings. The Labute approximate surface area is 130 Å². The molecule has 1 atom stereocenters. The summed E-state index contributed by atoms with van der Waals surface area (Å²) in [6, 6.07) is 8.14. The number of aromatic nitrogens is 1. The third-order valence-electron chi connectivity index (χ3n) is 3.96. The van der Waals surface area contributed by atoms with Crippen LogP contribution in [0, 0.1) is 0 Å². The van der Waals surface area contributed by atoms with Gasteiger partial charge >= 0.3 is 0 Å². The average Bonchev–Trinajstić information content (AvgIpc) is 2.91. The summed E-state index contributed by atoms with van der Waals surface area (Å²) in [7, 11) is 0. The lowest BCUT2D eigenvalue weighted by Crippen LogP contribution is -2.30. The Morgan fingerprint density at radius 1 is 1.33 bits per heavy atom. The summed E-state index contributed by atoms with van der Waals surface area (Å²) in [6.07, 6.45) is 0.452. The van der Waals surface area contributed by atoms with Crippen LogP contribution in [-0.4, -0.2) is 16.6 Å². The predicted molar refractivity (Wildman–Crippen MR) is 87.9 cm³/mol. The van der Waals surface area contributed by atoms with Gasteiger partial charge in [0.2, 0.25) is 0 Å². The van der Waals surface area contributed by atoms with Crippen LogP contribution in [0.5, 0.6) is 0 Å². The molecule has 0 saturated heterocycles. The lowest BCUT2D eigenvalue weighted by atomic mass is 9.93. The zero-order chi connectivity index (χ0) is 15.0. The molecule has 0 saturated carbocycles. The van der Waals surface area contributed by atoms with Crippen molar-refractivity contribution in [3.63, 3.8) is 0 Å². The highest BCUT2D eigenvalue weighted by atomic mass is 32.1. The van der Waals surface area contributed by atoms with E-state index in [9.17, 15) is 5.11 Å². The summed E-state index contributed by atoms with van der Waals surface area (Å²) in [5, 5.41) is 13.4. The van der Waals surface area contributed by atoms with Gasteiger partial charge in [0, 0.05) is 28.6 Å². The molecule has 0 aliphatic carbocycles. The number of hydrogen-bond acceptors (Lipinski definition) is 4. The maximum absolute atomic E-state index is 10.1. The van der Waals surface area contributed by atoms with Crippen LogP contribution in [0.4, 0.5) is 5.69 Å². The fourth-order valence-electron chi connectivity index (χ4n) is 2.67. The van der Waals surface area contributed by atoms with Crippen molar-refractivity contribution in [3.8, 4) is 0 Å². The van der Waals surface area contributed by atoms with Gasteiger partial charge in [0.05, 0.1) is 18.3 Å². The number of aliphatic hydroxyl groups is 1. The molecule has 2 aromatic rings. The minimum Gasteiger partial charge on any atom is -0.388 e. The van der Waals surface area contributed by atoms with Gasteiger partial charge in [-0.05, 0) is 12.5 Å². The Balaban J connectivity index is 1.83. The Kier molecular flexibility index (Phi) is 3.76. The Morgan fingerprint density at radius 2 is 2.10 bits per heavy atom. The minimum atomic E-state index is -0.334. The lowest BCUT2D eigenvalue weighted by molar-refractivity contribution is 0.164. The first-order chi connectivity index (χ1) is 9.95. The molecule has 1 aromatic heterocycles. The topological polar surface area (TPSA) is 36.4 Å². The molecular formula is C17H22N2OS. The van der Waals surface area contributed by atoms with E-state index >= 15 is 0 Å². The van der Waals surface area contributed by atoms with Gasteiger partial charge in [-0.3, -0.25) is 0 Å². The van der Waals surface area contributed by atoms with E-state index in [2.05, 4.69) is 37.1 Å². The van der Waals surface area contributed by atoms with E-state index in [1.165, 1.54) is 0 Å². The molecular weight excluding hydrogens is 280 g/mol. The highest BCUT2D eigenvalue weighted by Crippen LogP contribution is 2.35. The van der Waals surface area contributed by atoms with Crippen molar-refractivity contribution in [3.05, 3.63) is 45.9 Å². The van der Waals surface area contributed by atoms with Gasteiger partial charge in [0.15, 0.2) is 0 Å². The van der Waals surface area contributed by atoms with Crippen LogP contribution in [0.1, 0.15) is 49.6 Å². The van der Waals surface area contributed by atoms with E-state index in [0.717, 1.165) is 41.5 Å². The molecule has 0 spiro atoms. The molecule has 1 unspecified atom stereocenters. The van der Waals surface area contributed by atoms with Gasteiger partial charge in [-0.1, -0.05) is 39.0 Å². The summed E-state index contributed by atoms with van der Waals surface area (Å²) in [5.41, 5.74) is 3.44. The number of hydrogen-bond donors (Lipinski definition) is 1. The SMILES string of the molecule is CC(C)(C)c1csc(CN2CCC(O)c3ccccc32)n1. The van der Waals surface area contributed by atoms with E-state index in [-0.39, 0.29) is 11.5 Å². The number of fused-ring (bicyclic) bond motifs is 1. The van der Waals surface area contributed by atoms with Gasteiger partial charge in [0.25, 0.3) is 0 Å². The third kappa shape index (κ3) is 2.97. The molecule has 21 heavy (non-hydrogen) atoms. The monoisotopic (exact) mass is 302 g/mol. The van der Waals surface area contributed by atoms with Crippen molar-refractivity contribution >= 4 is 17.0 Å². The lowest BCUT2D eigenvalue weighted by Gasteiger charge is -2.33. The van der Waals surface area contributed by atoms with Crippen molar-refractivity contribution in [2.24, 2.45) is 0 Å². The summed E-state index contributed by atoms with van der Waals surface area (Å²) in [4.78, 5) is 7.11. The number of anilines is 1. The van der Waals surface area contributed by atoms with Crippen molar-refractivity contribution < 1.29 is 5.11 Å². The zero-order valence-electron chi connectivity index (χ0n) is 12.8. The number of nitrogens with zero attached hydrogens (tertiary/aromatic N) is 2. The molecule has 3 rings (SSSR count). The molecule has 0 bridgehead atoms. The molecule has 0 fully saturated rings. The number of thiazole rings is 1. The van der Waals surface area contributed by atoms with Crippen LogP contribution in [0.25, 0.3) is 0 Å². The van der Waals surface area contributed by atoms with Crippen LogP contribution in [0.15, 0.2) is 29.6 Å². The number of rotatable bonds is 2. The predicted octanol–water partition coefficient (Wildman–Crippen LogP) is 3.88. The van der Waals surface area contributed by atoms with Crippen molar-refractivity contribution in [1.82, 2.24) is 4.98 Å². The second kappa shape index (κ2) is 5.43. The molecule has 4 heteroatoms. The number of para-hydroxylation sites is 1. The van der Waals surface area contributed by atoms with E-state index in [1.807, 2.05) is 18.2 Å². The molecule has 1 aliphatic heterocycles. The minimum absolute atomic E-state index is 0.102. The van der Waals surface area contributed by atoms with Gasteiger partial charge in [-0.25, -0.2) is 4.98 Å². The summed E-state index contributed by atoms with van der Waals surface area (Å²) in [5.74, 6) is 0. The average molecular weight is 302 g/mol. The Bertz CT molecular complexity index is 630.